The Morgan fingerprint density at radius 3 is 2.69 bits per heavy atom. The molecule has 0 unspecified atom stereocenters. The van der Waals surface area contributed by atoms with Crippen molar-refractivity contribution in [3.05, 3.63) is 24.3 Å². The smallest absolute Gasteiger partial charge is 0.303 e. The summed E-state index contributed by atoms with van der Waals surface area (Å²) in [6.45, 7) is 2.16. The molecule has 0 aliphatic carbocycles. The maximum absolute atomic E-state index is 10.5. The monoisotopic (exact) mass is 370 g/mol. The molecule has 0 amide bonds. The molecule has 6 nitrogen and oxygen atoms in total. The van der Waals surface area contributed by atoms with Crippen molar-refractivity contribution < 1.29 is 30.0 Å². The lowest BCUT2D eigenvalue weighted by molar-refractivity contribution is -0.137. The minimum absolute atomic E-state index is 0.00776. The Morgan fingerprint density at radius 2 is 2.00 bits per heavy atom. The van der Waals surface area contributed by atoms with Crippen LogP contribution in [0.3, 0.4) is 0 Å². The largest absolute Gasteiger partial charge is 0.481 e. The minimum Gasteiger partial charge on any atom is -0.481 e. The molecule has 1 aliphatic rings. The Bertz CT molecular complexity index is 448. The highest BCUT2D eigenvalue weighted by Gasteiger charge is 2.36. The van der Waals surface area contributed by atoms with Crippen LogP contribution in [0.15, 0.2) is 24.3 Å². The highest BCUT2D eigenvalue weighted by Crippen LogP contribution is 2.26. The molecule has 0 saturated carbocycles. The molecular formula is C20H34O6. The summed E-state index contributed by atoms with van der Waals surface area (Å²) in [5, 5.41) is 38.7. The van der Waals surface area contributed by atoms with Crippen LogP contribution in [0.25, 0.3) is 0 Å². The summed E-state index contributed by atoms with van der Waals surface area (Å²) in [6, 6.07) is 0. The molecule has 150 valence electrons. The van der Waals surface area contributed by atoms with E-state index in [4.69, 9.17) is 9.84 Å². The molecule has 4 N–H and O–H groups in total. The lowest BCUT2D eigenvalue weighted by Crippen LogP contribution is -2.26. The first-order valence-electron chi connectivity index (χ1n) is 9.68. The van der Waals surface area contributed by atoms with Gasteiger partial charge in [-0.1, -0.05) is 44.1 Å². The van der Waals surface area contributed by atoms with Gasteiger partial charge in [0.1, 0.15) is 6.10 Å². The highest BCUT2D eigenvalue weighted by atomic mass is 16.5. The van der Waals surface area contributed by atoms with Crippen LogP contribution in [0, 0.1) is 0 Å². The third kappa shape index (κ3) is 9.48. The van der Waals surface area contributed by atoms with Gasteiger partial charge in [0, 0.05) is 12.8 Å². The van der Waals surface area contributed by atoms with Gasteiger partial charge in [-0.05, 0) is 32.1 Å². The fourth-order valence-corrected chi connectivity index (χ4v) is 2.97. The number of aliphatic hydroxyl groups excluding tert-OH is 3. The van der Waals surface area contributed by atoms with E-state index < -0.39 is 36.5 Å². The molecule has 5 atom stereocenters. The maximum Gasteiger partial charge on any atom is 0.303 e. The summed E-state index contributed by atoms with van der Waals surface area (Å²) in [4.78, 5) is 10.5. The van der Waals surface area contributed by atoms with Gasteiger partial charge in [-0.25, -0.2) is 0 Å². The lowest BCUT2D eigenvalue weighted by Gasteiger charge is -2.17. The van der Waals surface area contributed by atoms with Gasteiger partial charge in [0.05, 0.1) is 24.4 Å². The van der Waals surface area contributed by atoms with Crippen LogP contribution in [0.5, 0.6) is 0 Å². The second-order valence-electron chi connectivity index (χ2n) is 6.95. The second-order valence-corrected chi connectivity index (χ2v) is 6.95. The van der Waals surface area contributed by atoms with Crippen molar-refractivity contribution in [2.24, 2.45) is 0 Å². The fraction of sp³-hybridized carbons (Fsp3) is 0.750. The van der Waals surface area contributed by atoms with Crippen LogP contribution in [-0.2, 0) is 9.53 Å². The van der Waals surface area contributed by atoms with Crippen molar-refractivity contribution in [1.29, 1.82) is 0 Å². The summed E-state index contributed by atoms with van der Waals surface area (Å²) in [7, 11) is 0. The molecule has 0 spiro atoms. The fourth-order valence-electron chi connectivity index (χ4n) is 2.97. The number of allylic oxidation sites excluding steroid dienone is 1. The Hall–Kier alpha value is -1.21. The molecule has 1 rings (SSSR count). The average Bonchev–Trinajstić information content (AvgIpc) is 2.96. The number of aliphatic carboxylic acids is 1. The topological polar surface area (TPSA) is 107 Å². The standard InChI is InChI=1S/C20H34O6/c1-2-3-4-5-6-7-9-15(21)12-13-18-17(23)14-19(26-18)16(22)10-8-11-20(24)25/h6-7,12-13,15-19,21-23H,2-5,8-11,14H2,1H3,(H,24,25)/b7-6-,13-12+/t15-,16-,17+,18+,19-/m1/s1. The molecule has 0 radical (unpaired) electrons. The predicted molar refractivity (Wildman–Crippen MR) is 99.8 cm³/mol. The first-order chi connectivity index (χ1) is 12.4. The normalized spacial score (nSPS) is 25.9. The first-order valence-corrected chi connectivity index (χ1v) is 9.68. The Balaban J connectivity index is 2.31. The van der Waals surface area contributed by atoms with E-state index in [1.807, 2.05) is 6.08 Å². The average molecular weight is 370 g/mol. The minimum atomic E-state index is -0.890. The molecule has 1 saturated heterocycles. The number of carbonyl (C=O) groups is 1. The zero-order valence-corrected chi connectivity index (χ0v) is 15.7. The number of hydrogen-bond donors (Lipinski definition) is 4. The molecule has 1 heterocycles. The van der Waals surface area contributed by atoms with Crippen molar-refractivity contribution in [2.45, 2.75) is 95.2 Å². The van der Waals surface area contributed by atoms with Crippen LogP contribution >= 0.6 is 0 Å². The van der Waals surface area contributed by atoms with E-state index in [0.717, 1.165) is 12.8 Å². The van der Waals surface area contributed by atoms with Gasteiger partial charge >= 0.3 is 5.97 Å². The van der Waals surface area contributed by atoms with Crippen molar-refractivity contribution in [3.63, 3.8) is 0 Å². The molecule has 1 aliphatic heterocycles. The zero-order valence-electron chi connectivity index (χ0n) is 15.7. The quantitative estimate of drug-likeness (QED) is 0.293. The Labute approximate surface area is 156 Å². The van der Waals surface area contributed by atoms with E-state index in [0.29, 0.717) is 25.7 Å². The van der Waals surface area contributed by atoms with Gasteiger partial charge in [-0.15, -0.1) is 0 Å². The highest BCUT2D eigenvalue weighted by molar-refractivity contribution is 5.66. The van der Waals surface area contributed by atoms with Crippen LogP contribution < -0.4 is 0 Å². The number of ether oxygens (including phenoxy) is 1. The van der Waals surface area contributed by atoms with Gasteiger partial charge in [0.2, 0.25) is 0 Å². The molecule has 6 heteroatoms. The van der Waals surface area contributed by atoms with Gasteiger partial charge < -0.3 is 25.2 Å². The third-order valence-electron chi connectivity index (χ3n) is 4.55. The second kappa shape index (κ2) is 13.0. The number of unbranched alkanes of at least 4 members (excludes halogenated alkanes) is 3. The van der Waals surface area contributed by atoms with Crippen LogP contribution in [-0.4, -0.2) is 56.9 Å². The molecule has 1 fully saturated rings. The SMILES string of the molecule is CCCCC/C=C\C[C@@H](O)/C=C/[C@@H]1O[C@@H]([C@H](O)CCCC(=O)O)C[C@@H]1O. The molecule has 0 aromatic heterocycles. The number of hydrogen-bond acceptors (Lipinski definition) is 5. The summed E-state index contributed by atoms with van der Waals surface area (Å²) < 4.78 is 5.65. The van der Waals surface area contributed by atoms with E-state index in [9.17, 15) is 20.1 Å². The van der Waals surface area contributed by atoms with Gasteiger partial charge in [0.15, 0.2) is 0 Å². The van der Waals surface area contributed by atoms with Gasteiger partial charge in [-0.2, -0.15) is 0 Å². The molecule has 0 bridgehead atoms. The third-order valence-corrected chi connectivity index (χ3v) is 4.55. The summed E-state index contributed by atoms with van der Waals surface area (Å²) >= 11 is 0. The van der Waals surface area contributed by atoms with E-state index in [-0.39, 0.29) is 6.42 Å². The summed E-state index contributed by atoms with van der Waals surface area (Å²) in [6.07, 6.45) is 10.2. The Morgan fingerprint density at radius 1 is 1.23 bits per heavy atom. The van der Waals surface area contributed by atoms with Gasteiger partial charge in [-0.3, -0.25) is 4.79 Å². The van der Waals surface area contributed by atoms with E-state index in [2.05, 4.69) is 13.0 Å². The first kappa shape index (κ1) is 22.8. The van der Waals surface area contributed by atoms with Crippen molar-refractivity contribution >= 4 is 5.97 Å². The van der Waals surface area contributed by atoms with Crippen molar-refractivity contribution in [2.75, 3.05) is 0 Å². The van der Waals surface area contributed by atoms with Crippen molar-refractivity contribution in [3.8, 4) is 0 Å². The molecular weight excluding hydrogens is 336 g/mol. The van der Waals surface area contributed by atoms with Crippen molar-refractivity contribution in [1.82, 2.24) is 0 Å². The van der Waals surface area contributed by atoms with Gasteiger partial charge in [0.25, 0.3) is 0 Å². The molecule has 26 heavy (non-hydrogen) atoms. The number of carboxylic acids is 1. The summed E-state index contributed by atoms with van der Waals surface area (Å²) in [5.41, 5.74) is 0. The Kier molecular flexibility index (Phi) is 11.4. The zero-order chi connectivity index (χ0) is 19.4. The lowest BCUT2D eigenvalue weighted by atomic mass is 10.0. The predicted octanol–water partition coefficient (Wildman–Crippen LogP) is 2.56. The van der Waals surface area contributed by atoms with E-state index in [1.54, 1.807) is 12.2 Å². The number of carboxylic acid groups (broad SMARTS) is 1. The maximum atomic E-state index is 10.5. The summed E-state index contributed by atoms with van der Waals surface area (Å²) in [5.74, 6) is -0.890. The van der Waals surface area contributed by atoms with Crippen LogP contribution in [0.4, 0.5) is 0 Å². The van der Waals surface area contributed by atoms with Crippen LogP contribution in [0.1, 0.15) is 64.7 Å². The van der Waals surface area contributed by atoms with Crippen LogP contribution in [0.2, 0.25) is 0 Å². The van der Waals surface area contributed by atoms with E-state index >= 15 is 0 Å². The molecule has 0 aromatic carbocycles. The van der Waals surface area contributed by atoms with E-state index in [1.165, 1.54) is 12.8 Å². The molecule has 0 aromatic rings. The number of rotatable bonds is 13. The number of aliphatic hydroxyl groups is 3.